The third-order valence-corrected chi connectivity index (χ3v) is 5.06. The van der Waals surface area contributed by atoms with Crippen molar-refractivity contribution in [3.63, 3.8) is 0 Å². The van der Waals surface area contributed by atoms with Gasteiger partial charge in [0.2, 0.25) is 0 Å². The zero-order chi connectivity index (χ0) is 14.6. The topological polar surface area (TPSA) is 49.8 Å². The normalized spacial score (nSPS) is 23.1. The Bertz CT molecular complexity index is 460. The van der Waals surface area contributed by atoms with Gasteiger partial charge in [-0.3, -0.25) is 4.79 Å². The molecule has 112 valence electrons. The van der Waals surface area contributed by atoms with Gasteiger partial charge in [-0.25, -0.2) is 0 Å². The molecule has 0 bridgehead atoms. The second-order valence-electron chi connectivity index (χ2n) is 5.64. The Morgan fingerprint density at radius 3 is 2.95 bits per heavy atom. The molecule has 0 radical (unpaired) electrons. The van der Waals surface area contributed by atoms with E-state index in [1.165, 1.54) is 11.3 Å². The molecule has 20 heavy (non-hydrogen) atoms. The number of ether oxygens (including phenoxy) is 1. The number of piperidine rings is 1. The highest BCUT2D eigenvalue weighted by Crippen LogP contribution is 2.34. The molecule has 1 aliphatic rings. The van der Waals surface area contributed by atoms with E-state index < -0.39 is 0 Å². The first-order valence-corrected chi connectivity index (χ1v) is 7.87. The number of aliphatic hydroxyl groups is 1. The maximum Gasteiger partial charge on any atom is 0.263 e. The fraction of sp³-hybridized carbons (Fsp3) is 0.667. The van der Waals surface area contributed by atoms with Crippen LogP contribution in [-0.4, -0.2) is 49.3 Å². The van der Waals surface area contributed by atoms with Crippen LogP contribution in [0.1, 0.15) is 33.8 Å². The van der Waals surface area contributed by atoms with Crippen LogP contribution in [0.15, 0.2) is 12.1 Å². The fourth-order valence-corrected chi connectivity index (χ4v) is 3.65. The Morgan fingerprint density at radius 2 is 2.35 bits per heavy atom. The van der Waals surface area contributed by atoms with Crippen LogP contribution >= 0.6 is 11.3 Å². The van der Waals surface area contributed by atoms with Crippen LogP contribution in [0, 0.1) is 12.3 Å². The van der Waals surface area contributed by atoms with Crippen LogP contribution in [0.25, 0.3) is 0 Å². The van der Waals surface area contributed by atoms with Crippen molar-refractivity contribution in [2.24, 2.45) is 5.41 Å². The molecule has 2 rings (SSSR count). The SMILES string of the molecule is COCC[C@@]1(CO)CCCN(C(=O)c2ccc(C)s2)C1. The Hall–Kier alpha value is -0.910. The van der Waals surface area contributed by atoms with Gasteiger partial charge in [0.1, 0.15) is 0 Å². The summed E-state index contributed by atoms with van der Waals surface area (Å²) in [4.78, 5) is 16.3. The van der Waals surface area contributed by atoms with Gasteiger partial charge in [0.15, 0.2) is 0 Å². The minimum atomic E-state index is -0.198. The monoisotopic (exact) mass is 297 g/mol. The molecular formula is C15H23NO3S. The van der Waals surface area contributed by atoms with Gasteiger partial charge in [-0.2, -0.15) is 0 Å². The van der Waals surface area contributed by atoms with E-state index in [4.69, 9.17) is 4.74 Å². The summed E-state index contributed by atoms with van der Waals surface area (Å²) in [6, 6.07) is 3.87. The van der Waals surface area contributed by atoms with Crippen molar-refractivity contribution in [3.8, 4) is 0 Å². The number of aryl methyl sites for hydroxylation is 1. The number of amides is 1. The number of methoxy groups -OCH3 is 1. The summed E-state index contributed by atoms with van der Waals surface area (Å²) >= 11 is 1.54. The first kappa shape index (κ1) is 15.5. The zero-order valence-corrected chi connectivity index (χ0v) is 13.0. The van der Waals surface area contributed by atoms with Gasteiger partial charge in [-0.15, -0.1) is 11.3 Å². The number of hydrogen-bond acceptors (Lipinski definition) is 4. The standard InChI is InChI=1S/C15H23NO3S/c1-12-4-5-13(20-12)14(18)16-8-3-6-15(10-16,11-17)7-9-19-2/h4-5,17H,3,6-11H2,1-2H3/t15-/m0/s1. The Morgan fingerprint density at radius 1 is 1.55 bits per heavy atom. The molecule has 1 aromatic heterocycles. The number of likely N-dealkylation sites (tertiary alicyclic amines) is 1. The summed E-state index contributed by atoms with van der Waals surface area (Å²) in [7, 11) is 1.67. The molecule has 0 saturated carbocycles. The van der Waals surface area contributed by atoms with Crippen molar-refractivity contribution in [1.82, 2.24) is 4.90 Å². The second-order valence-corrected chi connectivity index (χ2v) is 6.93. The van der Waals surface area contributed by atoms with Gasteiger partial charge in [0.25, 0.3) is 5.91 Å². The van der Waals surface area contributed by atoms with Gasteiger partial charge in [-0.05, 0) is 38.3 Å². The molecule has 1 fully saturated rings. The smallest absolute Gasteiger partial charge is 0.263 e. The van der Waals surface area contributed by atoms with Crippen molar-refractivity contribution in [3.05, 3.63) is 21.9 Å². The lowest BCUT2D eigenvalue weighted by atomic mass is 9.78. The maximum absolute atomic E-state index is 12.5. The third kappa shape index (κ3) is 3.40. The second kappa shape index (κ2) is 6.70. The molecule has 0 aromatic carbocycles. The predicted molar refractivity (Wildman–Crippen MR) is 80.2 cm³/mol. The highest BCUT2D eigenvalue weighted by Gasteiger charge is 2.36. The maximum atomic E-state index is 12.5. The molecule has 1 atom stereocenters. The molecule has 1 N–H and O–H groups in total. The van der Waals surface area contributed by atoms with E-state index in [1.807, 2.05) is 24.0 Å². The van der Waals surface area contributed by atoms with Crippen molar-refractivity contribution in [2.75, 3.05) is 33.4 Å². The zero-order valence-electron chi connectivity index (χ0n) is 12.2. The number of hydrogen-bond donors (Lipinski definition) is 1. The van der Waals surface area contributed by atoms with Crippen LogP contribution in [-0.2, 0) is 4.74 Å². The number of thiophene rings is 1. The van der Waals surface area contributed by atoms with E-state index in [0.29, 0.717) is 13.2 Å². The molecule has 1 aromatic rings. The van der Waals surface area contributed by atoms with Crippen LogP contribution in [0.3, 0.4) is 0 Å². The number of aliphatic hydroxyl groups excluding tert-OH is 1. The summed E-state index contributed by atoms with van der Waals surface area (Å²) in [6.07, 6.45) is 2.70. The first-order valence-electron chi connectivity index (χ1n) is 7.06. The highest BCUT2D eigenvalue weighted by molar-refractivity contribution is 7.13. The quantitative estimate of drug-likeness (QED) is 0.907. The molecule has 2 heterocycles. The number of carbonyl (C=O) groups excluding carboxylic acids is 1. The number of nitrogens with zero attached hydrogens (tertiary/aromatic N) is 1. The minimum Gasteiger partial charge on any atom is -0.396 e. The summed E-state index contributed by atoms with van der Waals surface area (Å²) in [5.74, 6) is 0.0954. The highest BCUT2D eigenvalue weighted by atomic mass is 32.1. The molecule has 0 aliphatic carbocycles. The molecule has 1 aliphatic heterocycles. The van der Waals surface area contributed by atoms with E-state index in [-0.39, 0.29) is 17.9 Å². The summed E-state index contributed by atoms with van der Waals surface area (Å²) in [5, 5.41) is 9.75. The van der Waals surface area contributed by atoms with Crippen LogP contribution in [0.4, 0.5) is 0 Å². The van der Waals surface area contributed by atoms with Crippen molar-refractivity contribution in [1.29, 1.82) is 0 Å². The summed E-state index contributed by atoms with van der Waals surface area (Å²) < 4.78 is 5.14. The van der Waals surface area contributed by atoms with Crippen LogP contribution in [0.5, 0.6) is 0 Å². The Labute approximate surface area is 124 Å². The fourth-order valence-electron chi connectivity index (χ4n) is 2.82. The molecule has 0 unspecified atom stereocenters. The summed E-state index contributed by atoms with van der Waals surface area (Å²) in [6.45, 7) is 4.16. The molecule has 4 nitrogen and oxygen atoms in total. The van der Waals surface area contributed by atoms with Gasteiger partial charge in [-0.1, -0.05) is 0 Å². The summed E-state index contributed by atoms with van der Waals surface area (Å²) in [5.41, 5.74) is -0.198. The molecule has 1 amide bonds. The Kier molecular flexibility index (Phi) is 5.18. The minimum absolute atomic E-state index is 0.0954. The average Bonchev–Trinajstić information content (AvgIpc) is 2.91. The predicted octanol–water partition coefficient (Wildman–Crippen LogP) is 2.31. The largest absolute Gasteiger partial charge is 0.396 e. The van der Waals surface area contributed by atoms with Gasteiger partial charge in [0, 0.05) is 37.1 Å². The molecule has 0 spiro atoms. The van der Waals surface area contributed by atoms with E-state index in [0.717, 1.165) is 35.6 Å². The van der Waals surface area contributed by atoms with Gasteiger partial charge >= 0.3 is 0 Å². The number of rotatable bonds is 5. The van der Waals surface area contributed by atoms with Crippen LogP contribution in [0.2, 0.25) is 0 Å². The number of carbonyl (C=O) groups is 1. The van der Waals surface area contributed by atoms with Crippen LogP contribution < -0.4 is 0 Å². The molecular weight excluding hydrogens is 274 g/mol. The van der Waals surface area contributed by atoms with Gasteiger partial charge in [0.05, 0.1) is 11.5 Å². The van der Waals surface area contributed by atoms with E-state index in [9.17, 15) is 9.90 Å². The van der Waals surface area contributed by atoms with Crippen molar-refractivity contribution >= 4 is 17.2 Å². The lowest BCUT2D eigenvalue weighted by Crippen LogP contribution is -2.48. The van der Waals surface area contributed by atoms with E-state index in [1.54, 1.807) is 7.11 Å². The van der Waals surface area contributed by atoms with Crippen molar-refractivity contribution < 1.29 is 14.6 Å². The third-order valence-electron chi connectivity index (χ3n) is 4.07. The average molecular weight is 297 g/mol. The van der Waals surface area contributed by atoms with Gasteiger partial charge < -0.3 is 14.7 Å². The lowest BCUT2D eigenvalue weighted by molar-refractivity contribution is 0.00919. The van der Waals surface area contributed by atoms with E-state index >= 15 is 0 Å². The molecule has 1 saturated heterocycles. The molecule has 5 heteroatoms. The van der Waals surface area contributed by atoms with Crippen molar-refractivity contribution in [2.45, 2.75) is 26.2 Å². The van der Waals surface area contributed by atoms with E-state index in [2.05, 4.69) is 0 Å². The first-order chi connectivity index (χ1) is 9.60. The Balaban J connectivity index is 2.07. The lowest BCUT2D eigenvalue weighted by Gasteiger charge is -2.41.